The molecule has 2 aromatic rings. The van der Waals surface area contributed by atoms with E-state index in [-0.39, 0.29) is 10.6 Å². The summed E-state index contributed by atoms with van der Waals surface area (Å²) in [7, 11) is 0. The monoisotopic (exact) mass is 315 g/mol. The van der Waals surface area contributed by atoms with Gasteiger partial charge in [0.2, 0.25) is 0 Å². The third-order valence-electron chi connectivity index (χ3n) is 2.73. The Balaban J connectivity index is 2.22. The summed E-state index contributed by atoms with van der Waals surface area (Å²) >= 11 is 4.68. The van der Waals surface area contributed by atoms with Gasteiger partial charge in [0.1, 0.15) is 4.99 Å². The van der Waals surface area contributed by atoms with Gasteiger partial charge in [0.15, 0.2) is 5.76 Å². The van der Waals surface area contributed by atoms with Gasteiger partial charge in [-0.1, -0.05) is 17.4 Å². The standard InChI is InChI=1S/C13H12F3N3OS/c1-7-4-9(20-19-7)6-18-8-2-3-11(13(14,15)16)10(5-8)12(17)21/h2-5,18H,6H2,1H3,(H2,17,21). The second kappa shape index (κ2) is 5.72. The average Bonchev–Trinajstić information content (AvgIpc) is 2.80. The number of halogens is 3. The molecule has 4 nitrogen and oxygen atoms in total. The molecule has 1 heterocycles. The van der Waals surface area contributed by atoms with E-state index < -0.39 is 11.7 Å². The topological polar surface area (TPSA) is 64.1 Å². The van der Waals surface area contributed by atoms with Gasteiger partial charge in [-0.3, -0.25) is 0 Å². The van der Waals surface area contributed by atoms with Gasteiger partial charge >= 0.3 is 6.18 Å². The van der Waals surface area contributed by atoms with E-state index in [2.05, 4.69) is 22.7 Å². The number of nitrogens with zero attached hydrogens (tertiary/aromatic N) is 1. The molecule has 0 fully saturated rings. The Bertz CT molecular complexity index is 667. The van der Waals surface area contributed by atoms with Gasteiger partial charge in [0, 0.05) is 17.3 Å². The van der Waals surface area contributed by atoms with E-state index in [1.807, 2.05) is 0 Å². The van der Waals surface area contributed by atoms with Gasteiger partial charge in [-0.05, 0) is 25.1 Å². The summed E-state index contributed by atoms with van der Waals surface area (Å²) in [6.45, 7) is 2.07. The third-order valence-corrected chi connectivity index (χ3v) is 2.95. The van der Waals surface area contributed by atoms with E-state index in [9.17, 15) is 13.2 Å². The molecule has 0 radical (unpaired) electrons. The van der Waals surface area contributed by atoms with Crippen LogP contribution in [0.1, 0.15) is 22.6 Å². The summed E-state index contributed by atoms with van der Waals surface area (Å²) in [4.78, 5) is -0.304. The van der Waals surface area contributed by atoms with Crippen molar-refractivity contribution in [2.24, 2.45) is 5.73 Å². The third kappa shape index (κ3) is 3.72. The lowest BCUT2D eigenvalue weighted by molar-refractivity contribution is -0.137. The van der Waals surface area contributed by atoms with Gasteiger partial charge in [-0.15, -0.1) is 0 Å². The van der Waals surface area contributed by atoms with E-state index in [1.54, 1.807) is 13.0 Å². The highest BCUT2D eigenvalue weighted by Gasteiger charge is 2.34. The Morgan fingerprint density at radius 2 is 2.10 bits per heavy atom. The molecule has 1 aromatic heterocycles. The van der Waals surface area contributed by atoms with Crippen LogP contribution in [0.4, 0.5) is 18.9 Å². The van der Waals surface area contributed by atoms with Crippen molar-refractivity contribution in [3.8, 4) is 0 Å². The quantitative estimate of drug-likeness (QED) is 0.848. The first-order chi connectivity index (χ1) is 9.77. The van der Waals surface area contributed by atoms with Crippen LogP contribution >= 0.6 is 12.2 Å². The van der Waals surface area contributed by atoms with Crippen LogP contribution in [-0.4, -0.2) is 10.1 Å². The molecule has 0 bridgehead atoms. The zero-order valence-corrected chi connectivity index (χ0v) is 11.8. The number of thiocarbonyl (C=S) groups is 1. The van der Waals surface area contributed by atoms with Crippen LogP contribution in [0.15, 0.2) is 28.8 Å². The molecule has 0 saturated heterocycles. The van der Waals surface area contributed by atoms with Gasteiger partial charge < -0.3 is 15.6 Å². The fourth-order valence-electron chi connectivity index (χ4n) is 1.79. The van der Waals surface area contributed by atoms with Gasteiger partial charge in [0.25, 0.3) is 0 Å². The zero-order chi connectivity index (χ0) is 15.6. The maximum Gasteiger partial charge on any atom is 0.417 e. The number of benzene rings is 1. The molecule has 2 rings (SSSR count). The van der Waals surface area contributed by atoms with Crippen LogP contribution in [-0.2, 0) is 12.7 Å². The van der Waals surface area contributed by atoms with Gasteiger partial charge in [0.05, 0.1) is 17.8 Å². The highest BCUT2D eigenvalue weighted by atomic mass is 32.1. The summed E-state index contributed by atoms with van der Waals surface area (Å²) in [5.74, 6) is 0.573. The molecule has 1 aromatic carbocycles. The number of hydrogen-bond acceptors (Lipinski definition) is 4. The first kappa shape index (κ1) is 15.3. The summed E-state index contributed by atoms with van der Waals surface area (Å²) in [5, 5.41) is 6.65. The second-order valence-electron chi connectivity index (χ2n) is 4.41. The number of aryl methyl sites for hydroxylation is 1. The highest BCUT2D eigenvalue weighted by molar-refractivity contribution is 7.80. The van der Waals surface area contributed by atoms with Crippen LogP contribution < -0.4 is 11.1 Å². The van der Waals surface area contributed by atoms with E-state index in [4.69, 9.17) is 10.3 Å². The first-order valence-electron chi connectivity index (χ1n) is 5.94. The Morgan fingerprint density at radius 3 is 2.62 bits per heavy atom. The van der Waals surface area contributed by atoms with Gasteiger partial charge in [-0.25, -0.2) is 0 Å². The lowest BCUT2D eigenvalue weighted by atomic mass is 10.1. The molecule has 0 aliphatic rings. The van der Waals surface area contributed by atoms with Crippen LogP contribution in [0.25, 0.3) is 0 Å². The molecule has 0 saturated carbocycles. The van der Waals surface area contributed by atoms with Crippen molar-refractivity contribution in [1.82, 2.24) is 5.16 Å². The lowest BCUT2D eigenvalue weighted by Crippen LogP contribution is -2.18. The number of nitrogens with two attached hydrogens (primary N) is 1. The minimum atomic E-state index is -4.50. The van der Waals surface area contributed by atoms with Crippen molar-refractivity contribution in [3.63, 3.8) is 0 Å². The molecule has 0 atom stereocenters. The summed E-state index contributed by atoms with van der Waals surface area (Å²) in [6, 6.07) is 5.26. The zero-order valence-electron chi connectivity index (χ0n) is 11.0. The predicted octanol–water partition coefficient (Wildman–Crippen LogP) is 3.25. The molecule has 112 valence electrons. The van der Waals surface area contributed by atoms with Crippen LogP contribution in [0.3, 0.4) is 0 Å². The maximum atomic E-state index is 12.8. The smallest absolute Gasteiger partial charge is 0.389 e. The van der Waals surface area contributed by atoms with Crippen LogP contribution in [0.5, 0.6) is 0 Å². The van der Waals surface area contributed by atoms with Crippen LogP contribution in [0, 0.1) is 6.92 Å². The molecule has 0 aliphatic heterocycles. The molecule has 0 amide bonds. The predicted molar refractivity (Wildman–Crippen MR) is 75.9 cm³/mol. The average molecular weight is 315 g/mol. The molecule has 3 N–H and O–H groups in total. The SMILES string of the molecule is Cc1cc(CNc2ccc(C(F)(F)F)c(C(N)=S)c2)on1. The Morgan fingerprint density at radius 1 is 1.38 bits per heavy atom. The first-order valence-corrected chi connectivity index (χ1v) is 6.35. The number of hydrogen-bond donors (Lipinski definition) is 2. The van der Waals surface area contributed by atoms with Crippen molar-refractivity contribution in [2.75, 3.05) is 5.32 Å². The van der Waals surface area contributed by atoms with Crippen molar-refractivity contribution in [2.45, 2.75) is 19.6 Å². The maximum absolute atomic E-state index is 12.8. The Labute approximate surface area is 124 Å². The number of anilines is 1. The molecule has 8 heteroatoms. The molecular weight excluding hydrogens is 303 g/mol. The minimum absolute atomic E-state index is 0.212. The fraction of sp³-hybridized carbons (Fsp3) is 0.231. The molecule has 0 unspecified atom stereocenters. The molecular formula is C13H12F3N3OS. The normalized spacial score (nSPS) is 11.4. The molecule has 0 aliphatic carbocycles. The lowest BCUT2D eigenvalue weighted by Gasteiger charge is -2.14. The molecule has 21 heavy (non-hydrogen) atoms. The van der Waals surface area contributed by atoms with Crippen molar-refractivity contribution >= 4 is 22.9 Å². The highest BCUT2D eigenvalue weighted by Crippen LogP contribution is 2.33. The largest absolute Gasteiger partial charge is 0.417 e. The van der Waals surface area contributed by atoms with E-state index in [0.29, 0.717) is 18.0 Å². The summed E-state index contributed by atoms with van der Waals surface area (Å²) < 4.78 is 43.5. The second-order valence-corrected chi connectivity index (χ2v) is 4.85. The summed E-state index contributed by atoms with van der Waals surface area (Å²) in [5.41, 5.74) is 5.49. The van der Waals surface area contributed by atoms with Crippen molar-refractivity contribution < 1.29 is 17.7 Å². The minimum Gasteiger partial charge on any atom is -0.389 e. The van der Waals surface area contributed by atoms with Crippen LogP contribution in [0.2, 0.25) is 0 Å². The number of aromatic nitrogens is 1. The Hall–Kier alpha value is -2.09. The number of rotatable bonds is 4. The number of nitrogens with one attached hydrogen (secondary N) is 1. The summed E-state index contributed by atoms with van der Waals surface area (Å²) in [6.07, 6.45) is -4.50. The van der Waals surface area contributed by atoms with E-state index in [1.165, 1.54) is 12.1 Å². The van der Waals surface area contributed by atoms with Gasteiger partial charge in [-0.2, -0.15) is 13.2 Å². The Kier molecular flexibility index (Phi) is 4.17. The van der Waals surface area contributed by atoms with E-state index in [0.717, 1.165) is 11.8 Å². The van der Waals surface area contributed by atoms with Crippen molar-refractivity contribution in [3.05, 3.63) is 46.8 Å². The van der Waals surface area contributed by atoms with Crippen molar-refractivity contribution in [1.29, 1.82) is 0 Å². The number of alkyl halides is 3. The van der Waals surface area contributed by atoms with E-state index >= 15 is 0 Å². The molecule has 0 spiro atoms. The fourth-order valence-corrected chi connectivity index (χ4v) is 1.96.